The van der Waals surface area contributed by atoms with Crippen LogP contribution in [0.2, 0.25) is 0 Å². The average Bonchev–Trinajstić information content (AvgIpc) is 2.30. The van der Waals surface area contributed by atoms with Crippen LogP contribution in [0.4, 0.5) is 0 Å². The Labute approximate surface area is 107 Å². The second kappa shape index (κ2) is 11.0. The van der Waals surface area contributed by atoms with Crippen molar-refractivity contribution in [2.45, 2.75) is 38.8 Å². The summed E-state index contributed by atoms with van der Waals surface area (Å²) in [4.78, 5) is 2.49. The van der Waals surface area contributed by atoms with Crippen molar-refractivity contribution < 1.29 is 9.47 Å². The van der Waals surface area contributed by atoms with Crippen LogP contribution in [-0.2, 0) is 9.47 Å². The number of ether oxygens (including phenoxy) is 2. The van der Waals surface area contributed by atoms with Crippen LogP contribution in [0.1, 0.15) is 26.7 Å². The third-order valence-corrected chi connectivity index (χ3v) is 3.06. The van der Waals surface area contributed by atoms with Gasteiger partial charge in [0.15, 0.2) is 0 Å². The smallest absolute Gasteiger partial charge is 0.0615 e. The maximum Gasteiger partial charge on any atom is 0.0615 e. The van der Waals surface area contributed by atoms with Crippen molar-refractivity contribution in [3.63, 3.8) is 0 Å². The molecule has 0 fully saturated rings. The minimum absolute atomic E-state index is 0.431. The van der Waals surface area contributed by atoms with E-state index in [-0.39, 0.29) is 0 Å². The van der Waals surface area contributed by atoms with E-state index in [0.717, 1.165) is 26.3 Å². The summed E-state index contributed by atoms with van der Waals surface area (Å²) in [5.41, 5.74) is 0. The first-order chi connectivity index (χ1) is 8.21. The first kappa shape index (κ1) is 16.8. The average molecular weight is 246 g/mol. The normalized spacial score (nSPS) is 15.2. The Bertz CT molecular complexity index is 161. The molecule has 104 valence electrons. The number of rotatable bonds is 11. The lowest BCUT2D eigenvalue weighted by Gasteiger charge is -2.36. The van der Waals surface area contributed by atoms with Gasteiger partial charge in [-0.3, -0.25) is 4.90 Å². The number of hydrogen-bond donors (Lipinski definition) is 1. The van der Waals surface area contributed by atoms with E-state index in [4.69, 9.17) is 9.47 Å². The molecule has 0 aromatic heterocycles. The van der Waals surface area contributed by atoms with Crippen LogP contribution >= 0.6 is 0 Å². The Morgan fingerprint density at radius 1 is 1.24 bits per heavy atom. The number of hydrogen-bond acceptors (Lipinski definition) is 4. The van der Waals surface area contributed by atoms with E-state index < -0.39 is 0 Å². The molecule has 0 rings (SSSR count). The molecule has 0 amide bonds. The number of methoxy groups -OCH3 is 2. The van der Waals surface area contributed by atoms with E-state index in [2.05, 4.69) is 24.1 Å². The third-order valence-electron chi connectivity index (χ3n) is 3.06. The van der Waals surface area contributed by atoms with Crippen molar-refractivity contribution in [3.8, 4) is 0 Å². The van der Waals surface area contributed by atoms with E-state index in [0.29, 0.717) is 12.1 Å². The van der Waals surface area contributed by atoms with E-state index in [9.17, 15) is 0 Å². The van der Waals surface area contributed by atoms with Crippen molar-refractivity contribution in [3.05, 3.63) is 0 Å². The largest absolute Gasteiger partial charge is 0.383 e. The molecular weight excluding hydrogens is 216 g/mol. The van der Waals surface area contributed by atoms with Gasteiger partial charge < -0.3 is 14.8 Å². The van der Waals surface area contributed by atoms with Crippen molar-refractivity contribution >= 4 is 0 Å². The van der Waals surface area contributed by atoms with Gasteiger partial charge in [0.25, 0.3) is 0 Å². The summed E-state index contributed by atoms with van der Waals surface area (Å²) >= 11 is 0. The fraction of sp³-hybridized carbons (Fsp3) is 1.00. The molecule has 0 radical (unpaired) electrons. The van der Waals surface area contributed by atoms with Gasteiger partial charge in [0, 0.05) is 39.4 Å². The summed E-state index contributed by atoms with van der Waals surface area (Å²) in [5.74, 6) is 0. The standard InChI is InChI=1S/C13H30N2O2/c1-6-7-13(10-14-3)15(8-9-16-4)12(2)11-17-5/h12-14H,6-11H2,1-5H3. The zero-order chi connectivity index (χ0) is 13.1. The molecule has 0 heterocycles. The van der Waals surface area contributed by atoms with Crippen LogP contribution in [0.5, 0.6) is 0 Å². The zero-order valence-corrected chi connectivity index (χ0v) is 12.2. The van der Waals surface area contributed by atoms with Crippen LogP contribution in [-0.4, -0.2) is 64.6 Å². The fourth-order valence-corrected chi connectivity index (χ4v) is 2.25. The zero-order valence-electron chi connectivity index (χ0n) is 12.2. The molecule has 0 bridgehead atoms. The predicted molar refractivity (Wildman–Crippen MR) is 72.5 cm³/mol. The molecule has 0 aromatic rings. The van der Waals surface area contributed by atoms with E-state index >= 15 is 0 Å². The van der Waals surface area contributed by atoms with Crippen LogP contribution < -0.4 is 5.32 Å². The first-order valence-electron chi connectivity index (χ1n) is 6.59. The predicted octanol–water partition coefficient (Wildman–Crippen LogP) is 1.36. The van der Waals surface area contributed by atoms with Gasteiger partial charge in [-0.25, -0.2) is 0 Å². The van der Waals surface area contributed by atoms with Crippen molar-refractivity contribution in [1.29, 1.82) is 0 Å². The molecule has 0 aliphatic heterocycles. The second-order valence-corrected chi connectivity index (χ2v) is 4.54. The Hall–Kier alpha value is -0.160. The lowest BCUT2D eigenvalue weighted by atomic mass is 10.1. The minimum atomic E-state index is 0.431. The maximum absolute atomic E-state index is 5.27. The Morgan fingerprint density at radius 3 is 2.41 bits per heavy atom. The van der Waals surface area contributed by atoms with Gasteiger partial charge in [0.1, 0.15) is 0 Å². The number of likely N-dealkylation sites (N-methyl/N-ethyl adjacent to an activating group) is 1. The van der Waals surface area contributed by atoms with Gasteiger partial charge in [-0.2, -0.15) is 0 Å². The molecule has 4 nitrogen and oxygen atoms in total. The van der Waals surface area contributed by atoms with Crippen molar-refractivity contribution in [2.24, 2.45) is 0 Å². The molecule has 0 saturated heterocycles. The van der Waals surface area contributed by atoms with Gasteiger partial charge in [-0.05, 0) is 20.4 Å². The molecule has 2 atom stereocenters. The van der Waals surface area contributed by atoms with E-state index in [1.165, 1.54) is 12.8 Å². The molecule has 0 aromatic carbocycles. The molecule has 4 heteroatoms. The van der Waals surface area contributed by atoms with E-state index in [1.54, 1.807) is 14.2 Å². The molecule has 0 spiro atoms. The number of nitrogens with one attached hydrogen (secondary N) is 1. The molecule has 0 saturated carbocycles. The lowest BCUT2D eigenvalue weighted by molar-refractivity contribution is 0.0444. The minimum Gasteiger partial charge on any atom is -0.383 e. The molecule has 0 aliphatic rings. The van der Waals surface area contributed by atoms with Gasteiger partial charge >= 0.3 is 0 Å². The highest BCUT2D eigenvalue weighted by Gasteiger charge is 2.22. The summed E-state index contributed by atoms with van der Waals surface area (Å²) < 4.78 is 10.5. The summed E-state index contributed by atoms with van der Waals surface area (Å²) in [7, 11) is 5.53. The highest BCUT2D eigenvalue weighted by atomic mass is 16.5. The Morgan fingerprint density at radius 2 is 1.94 bits per heavy atom. The van der Waals surface area contributed by atoms with Crippen LogP contribution in [0.15, 0.2) is 0 Å². The summed E-state index contributed by atoms with van der Waals surface area (Å²) in [6.07, 6.45) is 2.41. The third kappa shape index (κ3) is 6.99. The highest BCUT2D eigenvalue weighted by Crippen LogP contribution is 2.11. The molecule has 1 N–H and O–H groups in total. The molecule has 0 aliphatic carbocycles. The topological polar surface area (TPSA) is 33.7 Å². The quantitative estimate of drug-likeness (QED) is 0.597. The Balaban J connectivity index is 4.45. The Kier molecular flexibility index (Phi) is 10.9. The van der Waals surface area contributed by atoms with E-state index in [1.807, 2.05) is 7.05 Å². The SMILES string of the molecule is CCCC(CNC)N(CCOC)C(C)COC. The highest BCUT2D eigenvalue weighted by molar-refractivity contribution is 4.78. The second-order valence-electron chi connectivity index (χ2n) is 4.54. The monoisotopic (exact) mass is 246 g/mol. The van der Waals surface area contributed by atoms with Crippen LogP contribution in [0.25, 0.3) is 0 Å². The summed E-state index contributed by atoms with van der Waals surface area (Å²) in [5, 5.41) is 3.28. The van der Waals surface area contributed by atoms with Crippen molar-refractivity contribution in [1.82, 2.24) is 10.2 Å². The first-order valence-corrected chi connectivity index (χ1v) is 6.59. The molecular formula is C13H30N2O2. The van der Waals surface area contributed by atoms with Gasteiger partial charge in [-0.15, -0.1) is 0 Å². The lowest BCUT2D eigenvalue weighted by Crippen LogP contribution is -2.49. The summed E-state index contributed by atoms with van der Waals surface area (Å²) in [6.45, 7) is 7.99. The number of nitrogens with zero attached hydrogens (tertiary/aromatic N) is 1. The van der Waals surface area contributed by atoms with Gasteiger partial charge in [0.05, 0.1) is 13.2 Å². The van der Waals surface area contributed by atoms with Gasteiger partial charge in [0.2, 0.25) is 0 Å². The van der Waals surface area contributed by atoms with Crippen LogP contribution in [0, 0.1) is 0 Å². The molecule has 2 unspecified atom stereocenters. The molecule has 17 heavy (non-hydrogen) atoms. The fourth-order valence-electron chi connectivity index (χ4n) is 2.25. The maximum atomic E-state index is 5.27. The van der Waals surface area contributed by atoms with Crippen LogP contribution in [0.3, 0.4) is 0 Å². The summed E-state index contributed by atoms with van der Waals surface area (Å²) in [6, 6.07) is 0.991. The van der Waals surface area contributed by atoms with Crippen molar-refractivity contribution in [2.75, 3.05) is 47.6 Å². The van der Waals surface area contributed by atoms with Gasteiger partial charge in [-0.1, -0.05) is 13.3 Å².